The van der Waals surface area contributed by atoms with E-state index >= 15 is 0 Å². The van der Waals surface area contributed by atoms with Crippen molar-refractivity contribution in [2.75, 3.05) is 0 Å². The van der Waals surface area contributed by atoms with E-state index in [1.54, 1.807) is 0 Å². The van der Waals surface area contributed by atoms with Crippen LogP contribution in [0.2, 0.25) is 0 Å². The summed E-state index contributed by atoms with van der Waals surface area (Å²) in [7, 11) is 0. The van der Waals surface area contributed by atoms with Crippen LogP contribution in [0.25, 0.3) is 0 Å². The molecule has 0 spiro atoms. The Hall–Kier alpha value is 1.36. The predicted molar refractivity (Wildman–Crippen MR) is 104 cm³/mol. The minimum atomic E-state index is 1.30. The van der Waals surface area contributed by atoms with Crippen LogP contribution in [0.4, 0.5) is 0 Å². The quantitative estimate of drug-likeness (QED) is 0.315. The van der Waals surface area contributed by atoms with Crippen molar-refractivity contribution >= 4 is 90.4 Å². The van der Waals surface area contributed by atoms with Crippen molar-refractivity contribution in [3.8, 4) is 0 Å². The van der Waals surface area contributed by atoms with Crippen LogP contribution in [0.3, 0.4) is 0 Å². The zero-order valence-electron chi connectivity index (χ0n) is 8.13. The Labute approximate surface area is 151 Å². The summed E-state index contributed by atoms with van der Waals surface area (Å²) in [5.41, 5.74) is 0. The third-order valence-corrected chi connectivity index (χ3v) is 4.26. The first-order valence-corrected chi connectivity index (χ1v) is 8.71. The van der Waals surface area contributed by atoms with E-state index in [1.807, 2.05) is 0 Å². The molecule has 0 aliphatic carbocycles. The molecule has 16 heavy (non-hydrogen) atoms. The van der Waals surface area contributed by atoms with Crippen LogP contribution in [-0.2, 0) is 0 Å². The zero-order chi connectivity index (χ0) is 12.0. The number of rotatable bonds is 0. The van der Waals surface area contributed by atoms with Crippen LogP contribution in [0.15, 0.2) is 48.5 Å². The Morgan fingerprint density at radius 1 is 0.500 bits per heavy atom. The highest BCUT2D eigenvalue weighted by molar-refractivity contribution is 14.1. The zero-order valence-corrected chi connectivity index (χ0v) is 16.8. The second-order valence-corrected chi connectivity index (χ2v) is 7.86. The molecule has 0 N–H and O–H groups in total. The number of hydrogen-bond acceptors (Lipinski definition) is 0. The van der Waals surface area contributed by atoms with Gasteiger partial charge in [0.25, 0.3) is 0 Å². The van der Waals surface area contributed by atoms with Crippen LogP contribution in [-0.4, -0.2) is 0 Å². The molecule has 4 heteroatoms. The minimum absolute atomic E-state index is 1.30. The molecule has 0 heterocycles. The molecule has 0 amide bonds. The average Bonchev–Trinajstić information content (AvgIpc) is 2.17. The van der Waals surface area contributed by atoms with Gasteiger partial charge in [0.2, 0.25) is 0 Å². The summed E-state index contributed by atoms with van der Waals surface area (Å²) < 4.78 is 5.20. The third kappa shape index (κ3) is 6.94. The molecule has 0 atom stereocenters. The molecule has 0 unspecified atom stereocenters. The van der Waals surface area contributed by atoms with Crippen molar-refractivity contribution in [1.82, 2.24) is 0 Å². The maximum Gasteiger partial charge on any atom is 0.0140 e. The third-order valence-electron chi connectivity index (χ3n) is 1.57. The van der Waals surface area contributed by atoms with Gasteiger partial charge >= 0.3 is 0 Å². The minimum Gasteiger partial charge on any atom is -0.0602 e. The Bertz CT molecular complexity index is 376. The lowest BCUT2D eigenvalue weighted by Crippen LogP contribution is -1.69. The summed E-state index contributed by atoms with van der Waals surface area (Å²) in [4.78, 5) is 0. The highest BCUT2D eigenvalue weighted by Crippen LogP contribution is 2.09. The molecule has 0 saturated carbocycles. The molecule has 2 rings (SSSR count). The lowest BCUT2D eigenvalue weighted by molar-refractivity contribution is 1.60. The molecule has 0 aliphatic heterocycles. The van der Waals surface area contributed by atoms with Gasteiger partial charge < -0.3 is 0 Å². The molecule has 0 saturated heterocycles. The van der Waals surface area contributed by atoms with Crippen LogP contribution >= 0.6 is 90.4 Å². The van der Waals surface area contributed by atoms with Crippen LogP contribution in [0.5, 0.6) is 0 Å². The summed E-state index contributed by atoms with van der Waals surface area (Å²) in [6.45, 7) is 0. The molecule has 2 aromatic carbocycles. The highest BCUT2D eigenvalue weighted by Gasteiger charge is 1.84. The summed E-state index contributed by atoms with van der Waals surface area (Å²) >= 11 is 9.20. The van der Waals surface area contributed by atoms with E-state index < -0.39 is 0 Å². The van der Waals surface area contributed by atoms with Gasteiger partial charge in [-0.3, -0.25) is 0 Å². The van der Waals surface area contributed by atoms with Crippen molar-refractivity contribution < 1.29 is 0 Å². The fourth-order valence-corrected chi connectivity index (χ4v) is 4.28. The molecule has 0 fully saturated rings. The normalized spacial score (nSPS) is 9.25. The Kier molecular flexibility index (Phi) is 8.15. The van der Waals surface area contributed by atoms with Gasteiger partial charge in [0, 0.05) is 14.3 Å². The second-order valence-electron chi connectivity index (χ2n) is 2.88. The summed E-state index contributed by atoms with van der Waals surface area (Å²) in [6, 6.07) is 16.7. The molecule has 0 aromatic heterocycles. The molecule has 0 radical (unpaired) electrons. The van der Waals surface area contributed by atoms with Gasteiger partial charge in [-0.05, 0) is 127 Å². The van der Waals surface area contributed by atoms with Crippen molar-refractivity contribution in [3.63, 3.8) is 0 Å². The molecule has 0 aliphatic rings. The Morgan fingerprint density at radius 2 is 0.750 bits per heavy atom. The molecule has 0 nitrogen and oxygen atoms in total. The Balaban J connectivity index is 0.000000160. The maximum atomic E-state index is 2.30. The smallest absolute Gasteiger partial charge is 0.0140 e. The van der Waals surface area contributed by atoms with Gasteiger partial charge in [-0.25, -0.2) is 0 Å². The van der Waals surface area contributed by atoms with E-state index in [9.17, 15) is 0 Å². The van der Waals surface area contributed by atoms with E-state index in [0.29, 0.717) is 0 Å². The molecule has 84 valence electrons. The van der Waals surface area contributed by atoms with Crippen LogP contribution < -0.4 is 0 Å². The fourth-order valence-electron chi connectivity index (χ4n) is 0.920. The molecular weight excluding hydrogens is 652 g/mol. The fraction of sp³-hybridized carbons (Fsp3) is 0. The second kappa shape index (κ2) is 8.46. The van der Waals surface area contributed by atoms with Gasteiger partial charge in [-0.1, -0.05) is 12.1 Å². The number of benzene rings is 2. The SMILES string of the molecule is Ic1cccc(I)c1.Ic1cccc(I)c1. The first-order valence-electron chi connectivity index (χ1n) is 4.40. The van der Waals surface area contributed by atoms with Gasteiger partial charge in [-0.15, -0.1) is 0 Å². The van der Waals surface area contributed by atoms with Crippen LogP contribution in [0, 0.1) is 14.3 Å². The molecular formula is C12H8I4. The van der Waals surface area contributed by atoms with E-state index in [-0.39, 0.29) is 0 Å². The standard InChI is InChI=1S/2C6H4I2/c2*7-5-2-1-3-6(8)4-5/h2*1-4H. The van der Waals surface area contributed by atoms with Crippen molar-refractivity contribution in [2.24, 2.45) is 0 Å². The number of halogens is 4. The van der Waals surface area contributed by atoms with Crippen molar-refractivity contribution in [3.05, 3.63) is 62.8 Å². The van der Waals surface area contributed by atoms with E-state index in [4.69, 9.17) is 0 Å². The van der Waals surface area contributed by atoms with Gasteiger partial charge in [0.1, 0.15) is 0 Å². The average molecular weight is 660 g/mol. The van der Waals surface area contributed by atoms with Crippen LogP contribution in [0.1, 0.15) is 0 Å². The number of hydrogen-bond donors (Lipinski definition) is 0. The van der Waals surface area contributed by atoms with Gasteiger partial charge in [-0.2, -0.15) is 0 Å². The Morgan fingerprint density at radius 3 is 0.875 bits per heavy atom. The summed E-state index contributed by atoms with van der Waals surface area (Å²) in [6.07, 6.45) is 0. The van der Waals surface area contributed by atoms with Gasteiger partial charge in [0.15, 0.2) is 0 Å². The van der Waals surface area contributed by atoms with E-state index in [1.165, 1.54) is 14.3 Å². The van der Waals surface area contributed by atoms with Gasteiger partial charge in [0.05, 0.1) is 0 Å². The molecule has 2 aromatic rings. The summed E-state index contributed by atoms with van der Waals surface area (Å²) in [5.74, 6) is 0. The first-order chi connectivity index (χ1) is 7.58. The maximum absolute atomic E-state index is 2.30. The largest absolute Gasteiger partial charge is 0.0602 e. The highest BCUT2D eigenvalue weighted by atomic mass is 127. The van der Waals surface area contributed by atoms with E-state index in [0.717, 1.165) is 0 Å². The van der Waals surface area contributed by atoms with Crippen molar-refractivity contribution in [1.29, 1.82) is 0 Å². The first kappa shape index (κ1) is 15.4. The van der Waals surface area contributed by atoms with E-state index in [2.05, 4.69) is 139 Å². The predicted octanol–water partition coefficient (Wildman–Crippen LogP) is 5.79. The monoisotopic (exact) mass is 660 g/mol. The lowest BCUT2D eigenvalue weighted by Gasteiger charge is -1.87. The molecule has 0 bridgehead atoms. The lowest BCUT2D eigenvalue weighted by atomic mass is 10.4. The topological polar surface area (TPSA) is 0 Å². The van der Waals surface area contributed by atoms with Crippen molar-refractivity contribution in [2.45, 2.75) is 0 Å². The summed E-state index contributed by atoms with van der Waals surface area (Å²) in [5, 5.41) is 0.